The van der Waals surface area contributed by atoms with Gasteiger partial charge in [-0.3, -0.25) is 0 Å². The third-order valence-electron chi connectivity index (χ3n) is 19.7. The first kappa shape index (κ1) is 48.8. The van der Waals surface area contributed by atoms with Gasteiger partial charge in [-0.05, 0) is 234 Å². The number of hydrogen-bond acceptors (Lipinski definition) is 4. The van der Waals surface area contributed by atoms with E-state index in [1.165, 1.54) is 184 Å². The summed E-state index contributed by atoms with van der Waals surface area (Å²) in [4.78, 5) is 4.91. The lowest BCUT2D eigenvalue weighted by Gasteiger charge is -2.28. The average Bonchev–Trinajstić information content (AvgIpc) is 3.98. The van der Waals surface area contributed by atoms with E-state index in [4.69, 9.17) is 8.83 Å². The molecule has 0 saturated heterocycles. The van der Waals surface area contributed by atoms with E-state index in [2.05, 4.69) is 181 Å². The van der Waals surface area contributed by atoms with Crippen LogP contribution in [0, 0.1) is 6.92 Å². The second-order valence-corrected chi connectivity index (χ2v) is 24.6. The largest absolute Gasteiger partial charge is 0.456 e. The van der Waals surface area contributed by atoms with Crippen molar-refractivity contribution in [2.24, 2.45) is 0 Å². The Hall–Kier alpha value is -7.30. The summed E-state index contributed by atoms with van der Waals surface area (Å²) in [7, 11) is 0. The zero-order valence-corrected chi connectivity index (χ0v) is 46.3. The van der Waals surface area contributed by atoms with E-state index < -0.39 is 0 Å². The fraction of sp³-hybridized carbons (Fsp3) is 0.333. The van der Waals surface area contributed by atoms with Gasteiger partial charge >= 0.3 is 0 Å². The number of benzene rings is 9. The molecule has 9 aromatic carbocycles. The molecule has 4 fully saturated rings. The van der Waals surface area contributed by atoms with Gasteiger partial charge in [0.15, 0.2) is 0 Å². The molecule has 4 aliphatic rings. The Kier molecular flexibility index (Phi) is 12.8. The molecule has 79 heavy (non-hydrogen) atoms. The zero-order valence-electron chi connectivity index (χ0n) is 46.3. The molecule has 4 heteroatoms. The van der Waals surface area contributed by atoms with Crippen molar-refractivity contribution in [2.75, 3.05) is 9.80 Å². The fourth-order valence-corrected chi connectivity index (χ4v) is 15.3. The molecule has 4 aliphatic carbocycles. The average molecular weight is 1040 g/mol. The van der Waals surface area contributed by atoms with Crippen LogP contribution < -0.4 is 9.80 Å². The molecule has 0 unspecified atom stereocenters. The summed E-state index contributed by atoms with van der Waals surface area (Å²) >= 11 is 0. The van der Waals surface area contributed by atoms with Gasteiger partial charge in [0.25, 0.3) is 0 Å². The molecule has 4 saturated carbocycles. The van der Waals surface area contributed by atoms with Gasteiger partial charge < -0.3 is 18.6 Å². The SMILES string of the molecule is Cc1cc2c3cc4ccc(N(c5ccc(C6CCCCC6)cc5)c5ccc(C6CCCCC6)cc5)cc4cc3oc2c2c1oc1cc3cc(N(c4ccc(C5CCCCC5)cc4)c4ccc(C5CCCCC5)cc4)ccc3cc12. The number of anilines is 6. The fourth-order valence-electron chi connectivity index (χ4n) is 15.3. The smallest absolute Gasteiger partial charge is 0.147 e. The van der Waals surface area contributed by atoms with Crippen molar-refractivity contribution < 1.29 is 8.83 Å². The summed E-state index contributed by atoms with van der Waals surface area (Å²) in [5.41, 5.74) is 17.7. The Labute approximate surface area is 466 Å². The molecule has 396 valence electrons. The van der Waals surface area contributed by atoms with Crippen molar-refractivity contribution in [3.8, 4) is 0 Å². The number of furan rings is 2. The molecule has 0 spiro atoms. The molecule has 0 bridgehead atoms. The van der Waals surface area contributed by atoms with Crippen LogP contribution in [0.4, 0.5) is 34.1 Å². The predicted molar refractivity (Wildman–Crippen MR) is 333 cm³/mol. The maximum atomic E-state index is 7.08. The summed E-state index contributed by atoms with van der Waals surface area (Å²) in [6.45, 7) is 2.18. The molecule has 11 aromatic rings. The van der Waals surface area contributed by atoms with Gasteiger partial charge in [0.2, 0.25) is 0 Å². The molecule has 15 rings (SSSR count). The van der Waals surface area contributed by atoms with Gasteiger partial charge in [-0.1, -0.05) is 138 Å². The number of nitrogens with zero attached hydrogens (tertiary/aromatic N) is 2. The van der Waals surface area contributed by atoms with E-state index in [1.807, 2.05) is 0 Å². The van der Waals surface area contributed by atoms with Crippen LogP contribution in [-0.2, 0) is 0 Å². The third kappa shape index (κ3) is 9.18. The molecular weight excluding hydrogens is 961 g/mol. The minimum Gasteiger partial charge on any atom is -0.456 e. The highest BCUT2D eigenvalue weighted by atomic mass is 16.3. The summed E-state index contributed by atoms with van der Waals surface area (Å²) in [6.07, 6.45) is 26.6. The maximum absolute atomic E-state index is 7.08. The van der Waals surface area contributed by atoms with Crippen LogP contribution in [0.5, 0.6) is 0 Å². The monoisotopic (exact) mass is 1030 g/mol. The first-order chi connectivity index (χ1) is 39.0. The first-order valence-corrected chi connectivity index (χ1v) is 30.7. The number of fused-ring (bicyclic) bond motifs is 9. The number of rotatable bonds is 10. The van der Waals surface area contributed by atoms with Gasteiger partial charge in [-0.15, -0.1) is 0 Å². The molecule has 0 radical (unpaired) electrons. The Morgan fingerprint density at radius 3 is 1.00 bits per heavy atom. The van der Waals surface area contributed by atoms with E-state index >= 15 is 0 Å². The van der Waals surface area contributed by atoms with E-state index in [-0.39, 0.29) is 0 Å². The van der Waals surface area contributed by atoms with Crippen LogP contribution >= 0.6 is 0 Å². The Morgan fingerprint density at radius 2 is 0.620 bits per heavy atom. The van der Waals surface area contributed by atoms with Crippen molar-refractivity contribution in [1.29, 1.82) is 0 Å². The summed E-state index contributed by atoms with van der Waals surface area (Å²) < 4.78 is 14.0. The lowest BCUT2D eigenvalue weighted by atomic mass is 9.84. The second kappa shape index (κ2) is 20.7. The summed E-state index contributed by atoms with van der Waals surface area (Å²) in [5.74, 6) is 2.69. The summed E-state index contributed by atoms with van der Waals surface area (Å²) in [5, 5.41) is 9.09. The van der Waals surface area contributed by atoms with Crippen LogP contribution in [0.2, 0.25) is 0 Å². The molecule has 4 nitrogen and oxygen atoms in total. The normalized spacial score (nSPS) is 17.5. The number of aryl methyl sites for hydroxylation is 1. The van der Waals surface area contributed by atoms with Gasteiger partial charge in [0.05, 0.1) is 5.39 Å². The Morgan fingerprint density at radius 1 is 0.291 bits per heavy atom. The molecule has 0 aliphatic heterocycles. The number of hydrogen-bond donors (Lipinski definition) is 0. The maximum Gasteiger partial charge on any atom is 0.147 e. The van der Waals surface area contributed by atoms with Gasteiger partial charge in [0, 0.05) is 50.3 Å². The molecule has 0 N–H and O–H groups in total. The van der Waals surface area contributed by atoms with Gasteiger partial charge in [-0.2, -0.15) is 0 Å². The van der Waals surface area contributed by atoms with Crippen LogP contribution in [0.1, 0.15) is 180 Å². The van der Waals surface area contributed by atoms with Crippen LogP contribution in [-0.4, -0.2) is 0 Å². The topological polar surface area (TPSA) is 32.8 Å². The van der Waals surface area contributed by atoms with E-state index in [0.717, 1.165) is 71.6 Å². The quantitative estimate of drug-likeness (QED) is 0.137. The minimum absolute atomic E-state index is 0.672. The van der Waals surface area contributed by atoms with Gasteiger partial charge in [-0.25, -0.2) is 0 Å². The third-order valence-corrected chi connectivity index (χ3v) is 19.7. The van der Waals surface area contributed by atoms with Crippen LogP contribution in [0.25, 0.3) is 65.4 Å². The molecule has 0 atom stereocenters. The van der Waals surface area contributed by atoms with E-state index in [9.17, 15) is 0 Å². The highest BCUT2D eigenvalue weighted by Crippen LogP contribution is 2.47. The Balaban J connectivity index is 0.797. The zero-order chi connectivity index (χ0) is 52.4. The Bertz CT molecular complexity index is 3860. The van der Waals surface area contributed by atoms with Crippen molar-refractivity contribution in [2.45, 2.75) is 159 Å². The molecule has 2 heterocycles. The van der Waals surface area contributed by atoms with Gasteiger partial charge in [0.1, 0.15) is 22.3 Å². The van der Waals surface area contributed by atoms with E-state index in [0.29, 0.717) is 23.7 Å². The van der Waals surface area contributed by atoms with Crippen LogP contribution in [0.15, 0.2) is 173 Å². The predicted octanol–water partition coefficient (Wildman–Crippen LogP) is 23.2. The highest BCUT2D eigenvalue weighted by Gasteiger charge is 2.25. The lowest BCUT2D eigenvalue weighted by molar-refractivity contribution is 0.443. The molecular formula is C75H74N2O2. The van der Waals surface area contributed by atoms with Crippen molar-refractivity contribution in [3.63, 3.8) is 0 Å². The first-order valence-electron chi connectivity index (χ1n) is 30.7. The standard InChI is InChI=1S/C75H74N2O2/c1-49-42-69-68-45-58-30-40-66(76(62-32-22-54(23-33-62)50-14-6-2-7-15-50)63-34-24-55(25-35-63)51-16-8-3-9-17-51)43-60(58)47-71(68)79-75(69)73-70-46-59-31-41-67(44-61(59)48-72(70)78-74(49)73)77(64-36-26-56(27-37-64)52-18-10-4-11-19-52)65-38-28-57(29-39-65)53-20-12-5-13-21-53/h22-48,50-53H,2-21H2,1H3. The minimum atomic E-state index is 0.672. The summed E-state index contributed by atoms with van der Waals surface area (Å²) in [6, 6.07) is 63.5. The van der Waals surface area contributed by atoms with Crippen molar-refractivity contribution in [3.05, 3.63) is 192 Å². The van der Waals surface area contributed by atoms with E-state index in [1.54, 1.807) is 0 Å². The lowest BCUT2D eigenvalue weighted by Crippen LogP contribution is -2.11. The highest BCUT2D eigenvalue weighted by molar-refractivity contribution is 6.25. The molecule has 2 aromatic heterocycles. The van der Waals surface area contributed by atoms with Crippen molar-refractivity contribution >= 4 is 99.5 Å². The van der Waals surface area contributed by atoms with Crippen molar-refractivity contribution in [1.82, 2.24) is 0 Å². The van der Waals surface area contributed by atoms with Crippen LogP contribution in [0.3, 0.4) is 0 Å². The second-order valence-electron chi connectivity index (χ2n) is 24.6. The molecule has 0 amide bonds.